The van der Waals surface area contributed by atoms with E-state index in [4.69, 9.17) is 4.74 Å². The van der Waals surface area contributed by atoms with Gasteiger partial charge in [-0.1, -0.05) is 0 Å². The maximum absolute atomic E-state index is 12.7. The van der Waals surface area contributed by atoms with Gasteiger partial charge in [0.1, 0.15) is 11.6 Å². The van der Waals surface area contributed by atoms with Gasteiger partial charge < -0.3 is 4.74 Å². The molecule has 2 rings (SSSR count). The fraction of sp³-hybridized carbons (Fsp3) is 0.125. The first-order valence-electron chi connectivity index (χ1n) is 6.59. The third-order valence-electron chi connectivity index (χ3n) is 2.82. The molecule has 0 aromatic heterocycles. The molecule has 2 N–H and O–H groups in total. The minimum absolute atomic E-state index is 0.0345. The number of hydrogen-bond donors (Lipinski definition) is 2. The predicted molar refractivity (Wildman–Crippen MR) is 80.1 cm³/mol. The number of rotatable bonds is 6. The van der Waals surface area contributed by atoms with E-state index in [1.807, 2.05) is 0 Å². The van der Waals surface area contributed by atoms with Crippen molar-refractivity contribution in [2.75, 3.05) is 12.0 Å². The molecule has 22 heavy (non-hydrogen) atoms. The van der Waals surface area contributed by atoms with Crippen LogP contribution in [0.4, 0.5) is 10.1 Å². The van der Waals surface area contributed by atoms with E-state index >= 15 is 0 Å². The minimum atomic E-state index is -0.389. The van der Waals surface area contributed by atoms with Gasteiger partial charge in [-0.05, 0) is 55.5 Å². The molecule has 5 nitrogen and oxygen atoms in total. The number of nitrogens with one attached hydrogen (secondary N) is 2. The van der Waals surface area contributed by atoms with E-state index < -0.39 is 0 Å². The largest absolute Gasteiger partial charge is 0.484 e. The topological polar surface area (TPSA) is 67.4 Å². The third-order valence-corrected chi connectivity index (χ3v) is 2.82. The first-order valence-corrected chi connectivity index (χ1v) is 6.59. The second-order valence-corrected chi connectivity index (χ2v) is 4.55. The lowest BCUT2D eigenvalue weighted by Gasteiger charge is -2.09. The summed E-state index contributed by atoms with van der Waals surface area (Å²) in [5.74, 6) is -0.288. The van der Waals surface area contributed by atoms with Gasteiger partial charge in [-0.3, -0.25) is 20.4 Å². The third kappa shape index (κ3) is 4.59. The van der Waals surface area contributed by atoms with Crippen molar-refractivity contribution in [2.24, 2.45) is 0 Å². The van der Waals surface area contributed by atoms with E-state index in [-0.39, 0.29) is 24.1 Å². The van der Waals surface area contributed by atoms with Crippen LogP contribution in [0, 0.1) is 5.82 Å². The summed E-state index contributed by atoms with van der Waals surface area (Å²) >= 11 is 0. The summed E-state index contributed by atoms with van der Waals surface area (Å²) in [4.78, 5) is 22.7. The Balaban J connectivity index is 1.77. The Morgan fingerprint density at radius 1 is 1.05 bits per heavy atom. The molecule has 0 atom stereocenters. The summed E-state index contributed by atoms with van der Waals surface area (Å²) < 4.78 is 18.0. The Kier molecular flexibility index (Phi) is 5.08. The molecule has 0 bridgehead atoms. The Hall–Kier alpha value is -2.89. The van der Waals surface area contributed by atoms with Gasteiger partial charge in [0.15, 0.2) is 12.4 Å². The van der Waals surface area contributed by atoms with Gasteiger partial charge in [0.25, 0.3) is 5.91 Å². The van der Waals surface area contributed by atoms with E-state index in [0.29, 0.717) is 17.0 Å². The van der Waals surface area contributed by atoms with Gasteiger partial charge >= 0.3 is 0 Å². The van der Waals surface area contributed by atoms with Crippen LogP contribution in [-0.4, -0.2) is 18.3 Å². The molecular formula is C16H15FN2O3. The summed E-state index contributed by atoms with van der Waals surface area (Å²) in [6.07, 6.45) is 0. The van der Waals surface area contributed by atoms with Crippen molar-refractivity contribution >= 4 is 17.4 Å². The zero-order chi connectivity index (χ0) is 15.9. The van der Waals surface area contributed by atoms with Crippen molar-refractivity contribution in [3.05, 3.63) is 59.9 Å². The number of carbonyl (C=O) groups is 2. The Morgan fingerprint density at radius 3 is 2.27 bits per heavy atom. The van der Waals surface area contributed by atoms with Crippen LogP contribution in [0.25, 0.3) is 0 Å². The highest BCUT2D eigenvalue weighted by Crippen LogP contribution is 2.12. The Morgan fingerprint density at radius 2 is 1.68 bits per heavy atom. The minimum Gasteiger partial charge on any atom is -0.484 e. The first kappa shape index (κ1) is 15.5. The van der Waals surface area contributed by atoms with Crippen molar-refractivity contribution in [3.8, 4) is 5.75 Å². The average Bonchev–Trinajstić information content (AvgIpc) is 2.52. The molecule has 114 valence electrons. The second kappa shape index (κ2) is 7.21. The van der Waals surface area contributed by atoms with E-state index in [0.717, 1.165) is 0 Å². The molecule has 0 spiro atoms. The van der Waals surface area contributed by atoms with Crippen LogP contribution in [0.5, 0.6) is 5.75 Å². The van der Waals surface area contributed by atoms with E-state index in [9.17, 15) is 14.0 Å². The Bertz CT molecular complexity index is 654. The SMILES string of the molecule is CC(=O)c1ccc(OCC(=O)NNc2ccc(F)cc2)cc1. The van der Waals surface area contributed by atoms with Crippen LogP contribution in [0.3, 0.4) is 0 Å². The molecule has 0 aliphatic rings. The molecule has 0 saturated carbocycles. The summed E-state index contributed by atoms with van der Waals surface area (Å²) in [7, 11) is 0. The fourth-order valence-electron chi connectivity index (χ4n) is 1.65. The smallest absolute Gasteiger partial charge is 0.276 e. The van der Waals surface area contributed by atoms with Crippen molar-refractivity contribution in [3.63, 3.8) is 0 Å². The van der Waals surface area contributed by atoms with Crippen molar-refractivity contribution in [1.82, 2.24) is 5.43 Å². The van der Waals surface area contributed by atoms with Crippen LogP contribution in [0.15, 0.2) is 48.5 Å². The highest BCUT2D eigenvalue weighted by molar-refractivity contribution is 5.94. The van der Waals surface area contributed by atoms with E-state index in [1.165, 1.54) is 31.2 Å². The average molecular weight is 302 g/mol. The molecule has 0 aliphatic heterocycles. The maximum Gasteiger partial charge on any atom is 0.276 e. The Labute approximate surface area is 127 Å². The molecule has 0 radical (unpaired) electrons. The fourth-order valence-corrected chi connectivity index (χ4v) is 1.65. The number of hydrogen-bond acceptors (Lipinski definition) is 4. The quantitative estimate of drug-likeness (QED) is 0.635. The highest BCUT2D eigenvalue weighted by Gasteiger charge is 2.04. The monoisotopic (exact) mass is 302 g/mol. The number of anilines is 1. The summed E-state index contributed by atoms with van der Waals surface area (Å²) in [5, 5.41) is 0. The molecule has 0 fully saturated rings. The second-order valence-electron chi connectivity index (χ2n) is 4.55. The number of amides is 1. The van der Waals surface area contributed by atoms with E-state index in [2.05, 4.69) is 10.9 Å². The van der Waals surface area contributed by atoms with Crippen molar-refractivity contribution in [1.29, 1.82) is 0 Å². The number of halogens is 1. The summed E-state index contributed by atoms with van der Waals surface area (Å²) in [5.41, 5.74) is 6.20. The summed E-state index contributed by atoms with van der Waals surface area (Å²) in [6.45, 7) is 1.29. The standard InChI is InChI=1S/C16H15FN2O3/c1-11(20)12-2-8-15(9-3-12)22-10-16(21)19-18-14-6-4-13(17)5-7-14/h2-9,18H,10H2,1H3,(H,19,21). The van der Waals surface area contributed by atoms with Gasteiger partial charge in [0.2, 0.25) is 0 Å². The van der Waals surface area contributed by atoms with Gasteiger partial charge in [0, 0.05) is 5.56 Å². The lowest BCUT2D eigenvalue weighted by atomic mass is 10.1. The van der Waals surface area contributed by atoms with Crippen LogP contribution < -0.4 is 15.6 Å². The highest BCUT2D eigenvalue weighted by atomic mass is 19.1. The zero-order valence-electron chi connectivity index (χ0n) is 11.9. The summed E-state index contributed by atoms with van der Waals surface area (Å²) in [6, 6.07) is 12.1. The molecule has 1 amide bonds. The van der Waals surface area contributed by atoms with Gasteiger partial charge in [0.05, 0.1) is 5.69 Å². The van der Waals surface area contributed by atoms with Crippen LogP contribution in [0.2, 0.25) is 0 Å². The number of ketones is 1. The predicted octanol–water partition coefficient (Wildman–Crippen LogP) is 2.55. The normalized spacial score (nSPS) is 9.91. The van der Waals surface area contributed by atoms with Crippen LogP contribution in [-0.2, 0) is 4.79 Å². The molecule has 6 heteroatoms. The van der Waals surface area contributed by atoms with Gasteiger partial charge in [-0.25, -0.2) is 4.39 Å². The molecule has 0 saturated heterocycles. The van der Waals surface area contributed by atoms with Gasteiger partial charge in [-0.2, -0.15) is 0 Å². The number of benzene rings is 2. The molecule has 0 unspecified atom stereocenters. The lowest BCUT2D eigenvalue weighted by Crippen LogP contribution is -2.33. The van der Waals surface area contributed by atoms with E-state index in [1.54, 1.807) is 24.3 Å². The number of hydrazine groups is 1. The number of ether oxygens (including phenoxy) is 1. The van der Waals surface area contributed by atoms with Crippen molar-refractivity contribution < 1.29 is 18.7 Å². The zero-order valence-corrected chi connectivity index (χ0v) is 11.9. The number of Topliss-reactive ketones (excluding diaryl/α,β-unsaturated/α-hetero) is 1. The van der Waals surface area contributed by atoms with Crippen LogP contribution in [0.1, 0.15) is 17.3 Å². The number of carbonyl (C=O) groups excluding carboxylic acids is 2. The van der Waals surface area contributed by atoms with Crippen molar-refractivity contribution in [2.45, 2.75) is 6.92 Å². The molecule has 2 aromatic rings. The molecular weight excluding hydrogens is 287 g/mol. The first-order chi connectivity index (χ1) is 10.5. The van der Waals surface area contributed by atoms with Gasteiger partial charge in [-0.15, -0.1) is 0 Å². The molecule has 0 heterocycles. The maximum atomic E-state index is 12.7. The molecule has 2 aromatic carbocycles. The van der Waals surface area contributed by atoms with Crippen LogP contribution >= 0.6 is 0 Å². The molecule has 0 aliphatic carbocycles. The lowest BCUT2D eigenvalue weighted by molar-refractivity contribution is -0.122.